The minimum Gasteiger partial charge on any atom is -0.495 e. The van der Waals surface area contributed by atoms with E-state index in [4.69, 9.17) is 27.9 Å². The second-order valence-corrected chi connectivity index (χ2v) is 7.95. The fraction of sp³-hybridized carbons (Fsp3) is 0.333. The summed E-state index contributed by atoms with van der Waals surface area (Å²) in [7, 11) is 1.59. The quantitative estimate of drug-likeness (QED) is 0.551. The van der Waals surface area contributed by atoms with E-state index in [-0.39, 0.29) is 18.5 Å². The van der Waals surface area contributed by atoms with E-state index in [0.717, 1.165) is 48.1 Å². The van der Waals surface area contributed by atoms with Crippen molar-refractivity contribution in [3.63, 3.8) is 0 Å². The lowest BCUT2D eigenvalue weighted by molar-refractivity contribution is 0.145. The summed E-state index contributed by atoms with van der Waals surface area (Å²) in [6, 6.07) is 11.4. The molecule has 2 aromatic carbocycles. The number of methoxy groups -OCH3 is 1. The van der Waals surface area contributed by atoms with E-state index in [1.807, 2.05) is 36.4 Å². The molecule has 1 aliphatic rings. The largest absolute Gasteiger partial charge is 0.495 e. The van der Waals surface area contributed by atoms with Crippen molar-refractivity contribution in [2.75, 3.05) is 30.4 Å². The van der Waals surface area contributed by atoms with E-state index in [1.165, 1.54) is 0 Å². The number of aromatic nitrogens is 2. The Morgan fingerprint density at radius 3 is 2.57 bits per heavy atom. The summed E-state index contributed by atoms with van der Waals surface area (Å²) in [5.41, 5.74) is 1.00. The van der Waals surface area contributed by atoms with Gasteiger partial charge in [-0.2, -0.15) is 0 Å². The number of hydrogen-bond acceptors (Lipinski definition) is 6. The Morgan fingerprint density at radius 1 is 1.10 bits per heavy atom. The Kier molecular flexibility index (Phi) is 7.47. The third-order valence-corrected chi connectivity index (χ3v) is 5.69. The lowest BCUT2D eigenvalue weighted by Gasteiger charge is -2.31. The van der Waals surface area contributed by atoms with Gasteiger partial charge in [0.15, 0.2) is 11.6 Å². The second kappa shape index (κ2) is 9.88. The van der Waals surface area contributed by atoms with Gasteiger partial charge < -0.3 is 20.1 Å². The summed E-state index contributed by atoms with van der Waals surface area (Å²) in [6.07, 6.45) is 1.22. The number of benzene rings is 2. The fourth-order valence-corrected chi connectivity index (χ4v) is 4.01. The van der Waals surface area contributed by atoms with Crippen LogP contribution in [0.2, 0.25) is 10.0 Å². The van der Waals surface area contributed by atoms with Crippen molar-refractivity contribution in [2.45, 2.75) is 25.5 Å². The van der Waals surface area contributed by atoms with E-state index in [0.29, 0.717) is 28.2 Å². The molecule has 2 heterocycles. The Bertz CT molecular complexity index is 1030. The first-order valence-corrected chi connectivity index (χ1v) is 10.3. The number of aliphatic hydroxyl groups is 1. The van der Waals surface area contributed by atoms with Gasteiger partial charge in [-0.15, -0.1) is 22.6 Å². The van der Waals surface area contributed by atoms with Crippen LogP contribution in [0.15, 0.2) is 36.4 Å². The van der Waals surface area contributed by atoms with Gasteiger partial charge in [0.1, 0.15) is 5.75 Å². The van der Waals surface area contributed by atoms with Gasteiger partial charge in [-0.3, -0.25) is 0 Å². The zero-order chi connectivity index (χ0) is 20.4. The zero-order valence-corrected chi connectivity index (χ0v) is 18.8. The zero-order valence-electron chi connectivity index (χ0n) is 16.4. The third-order valence-electron chi connectivity index (χ3n) is 5.16. The normalized spacial score (nSPS) is 14.5. The standard InChI is InChI=1S/C21H22Cl2N4O2.ClH/c1-29-19-5-2-13(10-18(19)23)12-24-20-17-11-14(22)3-4-16(17)21(26-25-20)27-8-6-15(28)7-9-27;/h2-5,10-11,15,28H,6-9,12H2,1H3,(H,24,25);1H. The summed E-state index contributed by atoms with van der Waals surface area (Å²) in [5, 5.41) is 25.1. The number of hydrogen-bond donors (Lipinski definition) is 2. The molecule has 0 saturated carbocycles. The summed E-state index contributed by atoms with van der Waals surface area (Å²) in [6.45, 7) is 2.05. The number of aliphatic hydroxyl groups excluding tert-OH is 1. The molecule has 0 amide bonds. The van der Waals surface area contributed by atoms with Crippen LogP contribution in [0, 0.1) is 0 Å². The van der Waals surface area contributed by atoms with Gasteiger partial charge in [0.25, 0.3) is 0 Å². The first kappa shape index (κ1) is 22.7. The Labute approximate surface area is 191 Å². The molecule has 0 radical (unpaired) electrons. The molecule has 1 aromatic heterocycles. The van der Waals surface area contributed by atoms with Crippen LogP contribution in [0.5, 0.6) is 5.75 Å². The molecular formula is C21H23Cl3N4O2. The highest BCUT2D eigenvalue weighted by atomic mass is 35.5. The van der Waals surface area contributed by atoms with E-state index in [9.17, 15) is 5.11 Å². The van der Waals surface area contributed by atoms with Crippen LogP contribution >= 0.6 is 35.6 Å². The number of halogens is 3. The minimum atomic E-state index is -0.239. The third kappa shape index (κ3) is 4.83. The van der Waals surface area contributed by atoms with Gasteiger partial charge in [-0.25, -0.2) is 0 Å². The van der Waals surface area contributed by atoms with Crippen molar-refractivity contribution in [3.05, 3.63) is 52.0 Å². The average molecular weight is 470 g/mol. The SMILES string of the molecule is COc1ccc(CNc2nnc(N3CCC(O)CC3)c3ccc(Cl)cc23)cc1Cl.Cl. The van der Waals surface area contributed by atoms with Crippen molar-refractivity contribution in [1.29, 1.82) is 0 Å². The highest BCUT2D eigenvalue weighted by Gasteiger charge is 2.21. The van der Waals surface area contributed by atoms with Gasteiger partial charge in [0.05, 0.1) is 18.2 Å². The van der Waals surface area contributed by atoms with Crippen LogP contribution in [0.1, 0.15) is 18.4 Å². The molecule has 30 heavy (non-hydrogen) atoms. The molecule has 1 aliphatic heterocycles. The number of rotatable bonds is 5. The van der Waals surface area contributed by atoms with Crippen molar-refractivity contribution in [2.24, 2.45) is 0 Å². The van der Waals surface area contributed by atoms with Crippen molar-refractivity contribution < 1.29 is 9.84 Å². The highest BCUT2D eigenvalue weighted by Crippen LogP contribution is 2.32. The average Bonchev–Trinajstić information content (AvgIpc) is 2.72. The highest BCUT2D eigenvalue weighted by molar-refractivity contribution is 6.32. The molecule has 4 rings (SSSR count). The second-order valence-electron chi connectivity index (χ2n) is 7.10. The van der Waals surface area contributed by atoms with Gasteiger partial charge in [0.2, 0.25) is 0 Å². The van der Waals surface area contributed by atoms with Crippen LogP contribution in [0.25, 0.3) is 10.8 Å². The molecule has 0 bridgehead atoms. The number of nitrogens with one attached hydrogen (secondary N) is 1. The van der Waals surface area contributed by atoms with E-state index >= 15 is 0 Å². The fourth-order valence-electron chi connectivity index (χ4n) is 3.56. The maximum atomic E-state index is 9.79. The summed E-state index contributed by atoms with van der Waals surface area (Å²) >= 11 is 12.5. The molecule has 0 atom stereocenters. The van der Waals surface area contributed by atoms with Crippen molar-refractivity contribution in [3.8, 4) is 5.75 Å². The number of anilines is 2. The molecule has 0 unspecified atom stereocenters. The first-order chi connectivity index (χ1) is 14.0. The van der Waals surface area contributed by atoms with E-state index < -0.39 is 0 Å². The number of nitrogens with zero attached hydrogens (tertiary/aromatic N) is 3. The molecule has 3 aromatic rings. The molecule has 9 heteroatoms. The monoisotopic (exact) mass is 468 g/mol. The van der Waals surface area contributed by atoms with Gasteiger partial charge in [-0.05, 0) is 48.7 Å². The number of piperidine rings is 1. The Balaban J connectivity index is 0.00000256. The predicted molar refractivity (Wildman–Crippen MR) is 125 cm³/mol. The van der Waals surface area contributed by atoms with Crippen molar-refractivity contribution in [1.82, 2.24) is 10.2 Å². The van der Waals surface area contributed by atoms with E-state index in [1.54, 1.807) is 7.11 Å². The molecule has 2 N–H and O–H groups in total. The summed E-state index contributed by atoms with van der Waals surface area (Å²) in [5.74, 6) is 2.13. The molecule has 1 saturated heterocycles. The molecule has 6 nitrogen and oxygen atoms in total. The molecule has 0 spiro atoms. The maximum Gasteiger partial charge on any atom is 0.159 e. The van der Waals surface area contributed by atoms with Crippen LogP contribution in [-0.4, -0.2) is 41.6 Å². The van der Waals surface area contributed by atoms with Gasteiger partial charge in [-0.1, -0.05) is 29.3 Å². The smallest absolute Gasteiger partial charge is 0.159 e. The lowest BCUT2D eigenvalue weighted by atomic mass is 10.1. The van der Waals surface area contributed by atoms with Gasteiger partial charge >= 0.3 is 0 Å². The van der Waals surface area contributed by atoms with Crippen molar-refractivity contribution >= 4 is 58.0 Å². The van der Waals surface area contributed by atoms with Crippen LogP contribution < -0.4 is 15.0 Å². The van der Waals surface area contributed by atoms with Crippen LogP contribution in [0.4, 0.5) is 11.6 Å². The number of ether oxygens (including phenoxy) is 1. The van der Waals surface area contributed by atoms with Crippen LogP contribution in [0.3, 0.4) is 0 Å². The topological polar surface area (TPSA) is 70.5 Å². The molecular weight excluding hydrogens is 447 g/mol. The Morgan fingerprint density at radius 2 is 1.87 bits per heavy atom. The first-order valence-electron chi connectivity index (χ1n) is 9.50. The van der Waals surface area contributed by atoms with Crippen LogP contribution in [-0.2, 0) is 6.54 Å². The summed E-state index contributed by atoms with van der Waals surface area (Å²) in [4.78, 5) is 2.17. The van der Waals surface area contributed by atoms with Gasteiger partial charge in [0, 0.05) is 35.4 Å². The van der Waals surface area contributed by atoms with E-state index in [2.05, 4.69) is 20.4 Å². The molecule has 1 fully saturated rings. The molecule has 160 valence electrons. The Hall–Kier alpha value is -1.99. The predicted octanol–water partition coefficient (Wildman–Crippen LogP) is 4.94. The molecule has 0 aliphatic carbocycles. The minimum absolute atomic E-state index is 0. The summed E-state index contributed by atoms with van der Waals surface area (Å²) < 4.78 is 5.20. The number of fused-ring (bicyclic) bond motifs is 1. The maximum absolute atomic E-state index is 9.79. The lowest BCUT2D eigenvalue weighted by Crippen LogP contribution is -2.36.